The highest BCUT2D eigenvalue weighted by Crippen LogP contribution is 2.31. The molecule has 0 atom stereocenters. The van der Waals surface area contributed by atoms with Crippen molar-refractivity contribution in [2.75, 3.05) is 23.3 Å². The lowest BCUT2D eigenvalue weighted by atomic mass is 10.1. The van der Waals surface area contributed by atoms with Gasteiger partial charge in [0.1, 0.15) is 10.7 Å². The normalized spacial score (nSPS) is 13.8. The number of aryl methyl sites for hydroxylation is 1. The van der Waals surface area contributed by atoms with Crippen LogP contribution in [0.3, 0.4) is 0 Å². The Labute approximate surface area is 179 Å². The average molecular weight is 421 g/mol. The maximum atomic E-state index is 12.9. The van der Waals surface area contributed by atoms with Crippen LogP contribution in [0, 0.1) is 6.92 Å². The summed E-state index contributed by atoms with van der Waals surface area (Å²) >= 11 is 1.43. The van der Waals surface area contributed by atoms with Crippen LogP contribution >= 0.6 is 11.3 Å². The number of hydrogen-bond donors (Lipinski definition) is 2. The molecule has 30 heavy (non-hydrogen) atoms. The Morgan fingerprint density at radius 3 is 2.50 bits per heavy atom. The molecule has 1 saturated heterocycles. The lowest BCUT2D eigenvalue weighted by molar-refractivity contribution is 0.0995. The third kappa shape index (κ3) is 4.36. The number of carbonyl (C=O) groups excluding carboxylic acids is 2. The molecule has 7 heteroatoms. The standard InChI is InChI=1S/C23H24N4O2S/c1-15-5-7-16(8-6-15)23-26-19(14-30-23)22(29)25-18-13-17(21(24)28)9-10-20(18)27-11-3-2-4-12-27/h5-10,13-14H,2-4,11-12H2,1H3,(H2,24,28)(H,25,29). The summed E-state index contributed by atoms with van der Waals surface area (Å²) in [6, 6.07) is 13.3. The first-order valence-corrected chi connectivity index (χ1v) is 10.9. The number of benzene rings is 2. The van der Waals surface area contributed by atoms with Gasteiger partial charge in [-0.1, -0.05) is 29.8 Å². The number of carbonyl (C=O) groups is 2. The molecule has 0 aliphatic carbocycles. The zero-order valence-corrected chi connectivity index (χ0v) is 17.7. The van der Waals surface area contributed by atoms with Crippen LogP contribution in [-0.2, 0) is 0 Å². The SMILES string of the molecule is Cc1ccc(-c2nc(C(=O)Nc3cc(C(N)=O)ccc3N3CCCCC3)cs2)cc1. The largest absolute Gasteiger partial charge is 0.370 e. The number of rotatable bonds is 5. The highest BCUT2D eigenvalue weighted by atomic mass is 32.1. The second-order valence-electron chi connectivity index (χ2n) is 7.50. The van der Waals surface area contributed by atoms with Gasteiger partial charge in [-0.15, -0.1) is 11.3 Å². The molecule has 3 N–H and O–H groups in total. The third-order valence-electron chi connectivity index (χ3n) is 5.26. The topological polar surface area (TPSA) is 88.3 Å². The van der Waals surface area contributed by atoms with E-state index in [2.05, 4.69) is 15.2 Å². The smallest absolute Gasteiger partial charge is 0.275 e. The highest BCUT2D eigenvalue weighted by Gasteiger charge is 2.19. The van der Waals surface area contributed by atoms with Gasteiger partial charge in [0.25, 0.3) is 5.91 Å². The van der Waals surface area contributed by atoms with E-state index in [1.165, 1.54) is 23.3 Å². The Hall–Kier alpha value is -3.19. The van der Waals surface area contributed by atoms with Crippen LogP contribution < -0.4 is 16.0 Å². The minimum absolute atomic E-state index is 0.301. The van der Waals surface area contributed by atoms with Gasteiger partial charge in [-0.2, -0.15) is 0 Å². The fourth-order valence-corrected chi connectivity index (χ4v) is 4.40. The lowest BCUT2D eigenvalue weighted by Crippen LogP contribution is -2.30. The monoisotopic (exact) mass is 420 g/mol. The van der Waals surface area contributed by atoms with Crippen molar-refractivity contribution in [2.24, 2.45) is 5.73 Å². The summed E-state index contributed by atoms with van der Waals surface area (Å²) in [5.74, 6) is -0.824. The number of nitrogens with two attached hydrogens (primary N) is 1. The van der Waals surface area contributed by atoms with Crippen LogP contribution in [0.4, 0.5) is 11.4 Å². The van der Waals surface area contributed by atoms with E-state index >= 15 is 0 Å². The predicted molar refractivity (Wildman–Crippen MR) is 121 cm³/mol. The molecular formula is C23H24N4O2S. The van der Waals surface area contributed by atoms with Crippen LogP contribution in [0.2, 0.25) is 0 Å². The van der Waals surface area contributed by atoms with Gasteiger partial charge in [-0.05, 0) is 44.4 Å². The van der Waals surface area contributed by atoms with E-state index in [1.807, 2.05) is 37.3 Å². The predicted octanol–water partition coefficient (Wildman–Crippen LogP) is 4.46. The fourth-order valence-electron chi connectivity index (χ4n) is 3.59. The van der Waals surface area contributed by atoms with Crippen LogP contribution in [0.25, 0.3) is 10.6 Å². The maximum Gasteiger partial charge on any atom is 0.275 e. The quantitative estimate of drug-likeness (QED) is 0.638. The van der Waals surface area contributed by atoms with E-state index in [1.54, 1.807) is 17.5 Å². The van der Waals surface area contributed by atoms with Crippen molar-refractivity contribution in [1.29, 1.82) is 0 Å². The summed E-state index contributed by atoms with van der Waals surface area (Å²) in [7, 11) is 0. The van der Waals surface area contributed by atoms with Gasteiger partial charge in [0.2, 0.25) is 5.91 Å². The summed E-state index contributed by atoms with van der Waals surface area (Å²) in [5.41, 5.74) is 9.82. The van der Waals surface area contributed by atoms with Crippen molar-refractivity contribution in [1.82, 2.24) is 4.98 Å². The highest BCUT2D eigenvalue weighted by molar-refractivity contribution is 7.13. The Kier molecular flexibility index (Phi) is 5.81. The van der Waals surface area contributed by atoms with Crippen LogP contribution in [0.5, 0.6) is 0 Å². The number of amides is 2. The molecule has 0 saturated carbocycles. The molecule has 1 aliphatic heterocycles. The van der Waals surface area contributed by atoms with Crippen molar-refractivity contribution in [3.8, 4) is 10.6 Å². The molecule has 1 aromatic heterocycles. The number of aromatic nitrogens is 1. The van der Waals surface area contributed by atoms with Gasteiger partial charge in [-0.25, -0.2) is 4.98 Å². The molecule has 2 heterocycles. The van der Waals surface area contributed by atoms with Gasteiger partial charge >= 0.3 is 0 Å². The van der Waals surface area contributed by atoms with Crippen LogP contribution in [0.15, 0.2) is 47.8 Å². The van der Waals surface area contributed by atoms with Gasteiger partial charge in [0.15, 0.2) is 0 Å². The molecule has 0 bridgehead atoms. The summed E-state index contributed by atoms with van der Waals surface area (Å²) in [6.45, 7) is 3.88. The summed E-state index contributed by atoms with van der Waals surface area (Å²) < 4.78 is 0. The average Bonchev–Trinajstić information content (AvgIpc) is 3.25. The van der Waals surface area contributed by atoms with Crippen molar-refractivity contribution in [3.63, 3.8) is 0 Å². The van der Waals surface area contributed by atoms with E-state index in [9.17, 15) is 9.59 Å². The molecule has 2 aromatic carbocycles. The molecule has 0 unspecified atom stereocenters. The van der Waals surface area contributed by atoms with Crippen molar-refractivity contribution >= 4 is 34.5 Å². The molecule has 2 amide bonds. The zero-order chi connectivity index (χ0) is 21.1. The number of primary amides is 1. The summed E-state index contributed by atoms with van der Waals surface area (Å²) in [5, 5.41) is 5.50. The second kappa shape index (κ2) is 8.67. The van der Waals surface area contributed by atoms with Crippen LogP contribution in [0.1, 0.15) is 45.7 Å². The minimum atomic E-state index is -0.522. The number of nitrogens with one attached hydrogen (secondary N) is 1. The van der Waals surface area contributed by atoms with Gasteiger partial charge in [0.05, 0.1) is 11.4 Å². The Morgan fingerprint density at radius 2 is 1.80 bits per heavy atom. The molecule has 154 valence electrons. The first-order chi connectivity index (χ1) is 14.5. The number of piperidine rings is 1. The van der Waals surface area contributed by atoms with E-state index in [-0.39, 0.29) is 5.91 Å². The van der Waals surface area contributed by atoms with Crippen molar-refractivity contribution in [3.05, 3.63) is 64.7 Å². The number of anilines is 2. The third-order valence-corrected chi connectivity index (χ3v) is 6.15. The van der Waals surface area contributed by atoms with Gasteiger partial charge in [-0.3, -0.25) is 9.59 Å². The molecule has 1 fully saturated rings. The van der Waals surface area contributed by atoms with E-state index < -0.39 is 5.91 Å². The summed E-state index contributed by atoms with van der Waals surface area (Å²) in [6.07, 6.45) is 3.42. The number of nitrogens with zero attached hydrogens (tertiary/aromatic N) is 2. The summed E-state index contributed by atoms with van der Waals surface area (Å²) in [4.78, 5) is 31.3. The van der Waals surface area contributed by atoms with Crippen molar-refractivity contribution < 1.29 is 9.59 Å². The fraction of sp³-hybridized carbons (Fsp3) is 0.261. The zero-order valence-electron chi connectivity index (χ0n) is 16.9. The second-order valence-corrected chi connectivity index (χ2v) is 8.36. The van der Waals surface area contributed by atoms with Gasteiger partial charge < -0.3 is 16.0 Å². The lowest BCUT2D eigenvalue weighted by Gasteiger charge is -2.30. The van der Waals surface area contributed by atoms with E-state index in [0.29, 0.717) is 16.9 Å². The molecule has 4 rings (SSSR count). The molecular weight excluding hydrogens is 396 g/mol. The number of thiazole rings is 1. The van der Waals surface area contributed by atoms with Crippen molar-refractivity contribution in [2.45, 2.75) is 26.2 Å². The van der Waals surface area contributed by atoms with E-state index in [4.69, 9.17) is 5.73 Å². The van der Waals surface area contributed by atoms with Crippen LogP contribution in [-0.4, -0.2) is 29.9 Å². The molecule has 0 spiro atoms. The molecule has 0 radical (unpaired) electrons. The number of hydrogen-bond acceptors (Lipinski definition) is 5. The molecule has 1 aliphatic rings. The molecule has 6 nitrogen and oxygen atoms in total. The maximum absolute atomic E-state index is 12.9. The van der Waals surface area contributed by atoms with E-state index in [0.717, 1.165) is 42.2 Å². The first kappa shape index (κ1) is 20.1. The minimum Gasteiger partial charge on any atom is -0.370 e. The Balaban J connectivity index is 1.59. The van der Waals surface area contributed by atoms with Gasteiger partial charge in [0, 0.05) is 29.6 Å². The Bertz CT molecular complexity index is 1070. The Morgan fingerprint density at radius 1 is 1.07 bits per heavy atom. The molecule has 3 aromatic rings. The first-order valence-electron chi connectivity index (χ1n) is 10.0.